The maximum Gasteiger partial charge on any atom is 0.0476 e. The van der Waals surface area contributed by atoms with Gasteiger partial charge in [0.1, 0.15) is 0 Å². The summed E-state index contributed by atoms with van der Waals surface area (Å²) < 4.78 is 5.26. The fraction of sp³-hybridized carbons (Fsp3) is 0. The lowest BCUT2D eigenvalue weighted by Crippen LogP contribution is -2.09. The fourth-order valence-corrected chi connectivity index (χ4v) is 9.40. The Morgan fingerprint density at radius 1 is 0.311 bits per heavy atom. The monoisotopic (exact) mass is 607 g/mol. The predicted octanol–water partition coefficient (Wildman–Crippen LogP) is 13.4. The first-order valence-electron chi connectivity index (χ1n) is 15.3. The molecule has 0 aliphatic rings. The summed E-state index contributed by atoms with van der Waals surface area (Å²) >= 11 is 3.74. The Morgan fingerprint density at radius 3 is 1.40 bits per heavy atom. The van der Waals surface area contributed by atoms with Crippen molar-refractivity contribution in [3.63, 3.8) is 0 Å². The van der Waals surface area contributed by atoms with Crippen LogP contribution in [-0.4, -0.2) is 0 Å². The zero-order valence-electron chi connectivity index (χ0n) is 24.2. The SMILES string of the molecule is c1ccc2c(c1)ccc1ccc3cc(N(c4ccc5c(c4)sc4ccccc45)c4ccc5c(c4)sc4ccccc45)ccc3c12. The Kier molecular flexibility index (Phi) is 5.39. The molecule has 8 aromatic carbocycles. The van der Waals surface area contributed by atoms with Gasteiger partial charge in [-0.05, 0) is 80.8 Å². The highest BCUT2D eigenvalue weighted by atomic mass is 32.1. The molecule has 0 aliphatic carbocycles. The van der Waals surface area contributed by atoms with Gasteiger partial charge in [-0.25, -0.2) is 0 Å². The molecule has 210 valence electrons. The van der Waals surface area contributed by atoms with E-state index < -0.39 is 0 Å². The number of nitrogens with zero attached hydrogens (tertiary/aromatic N) is 1. The molecule has 0 saturated carbocycles. The quantitative estimate of drug-likeness (QED) is 0.181. The molecule has 0 amide bonds. The third-order valence-corrected chi connectivity index (χ3v) is 11.5. The van der Waals surface area contributed by atoms with E-state index in [2.05, 4.69) is 157 Å². The molecule has 0 aliphatic heterocycles. The van der Waals surface area contributed by atoms with Gasteiger partial charge in [0.2, 0.25) is 0 Å². The summed E-state index contributed by atoms with van der Waals surface area (Å²) in [5.74, 6) is 0. The molecular weight excluding hydrogens is 583 g/mol. The second kappa shape index (κ2) is 9.64. The highest BCUT2D eigenvalue weighted by molar-refractivity contribution is 7.26. The number of benzene rings is 8. The molecule has 0 atom stereocenters. The highest BCUT2D eigenvalue weighted by Gasteiger charge is 2.17. The van der Waals surface area contributed by atoms with E-state index in [4.69, 9.17) is 0 Å². The molecule has 0 unspecified atom stereocenters. The third kappa shape index (κ3) is 3.85. The summed E-state index contributed by atoms with van der Waals surface area (Å²) in [6, 6.07) is 56.1. The lowest BCUT2D eigenvalue weighted by atomic mass is 9.96. The Morgan fingerprint density at radius 2 is 0.756 bits per heavy atom. The maximum atomic E-state index is 2.43. The summed E-state index contributed by atoms with van der Waals surface area (Å²) in [7, 11) is 0. The molecule has 0 radical (unpaired) electrons. The normalized spacial score (nSPS) is 12.0. The average molecular weight is 608 g/mol. The summed E-state index contributed by atoms with van der Waals surface area (Å²) in [5.41, 5.74) is 3.49. The van der Waals surface area contributed by atoms with Crippen LogP contribution in [0.3, 0.4) is 0 Å². The van der Waals surface area contributed by atoms with Crippen molar-refractivity contribution in [3.8, 4) is 0 Å². The molecule has 0 saturated heterocycles. The van der Waals surface area contributed by atoms with Crippen LogP contribution in [0.25, 0.3) is 72.7 Å². The van der Waals surface area contributed by atoms with Crippen molar-refractivity contribution in [1.82, 2.24) is 0 Å². The molecule has 2 heterocycles. The average Bonchev–Trinajstić information content (AvgIpc) is 3.65. The van der Waals surface area contributed by atoms with Crippen molar-refractivity contribution >= 4 is 112 Å². The first-order valence-corrected chi connectivity index (χ1v) is 16.9. The number of hydrogen-bond donors (Lipinski definition) is 0. The summed E-state index contributed by atoms with van der Waals surface area (Å²) in [5, 5.41) is 13.0. The molecule has 45 heavy (non-hydrogen) atoms. The van der Waals surface area contributed by atoms with Crippen molar-refractivity contribution < 1.29 is 0 Å². The molecule has 2 aromatic heterocycles. The number of thiophene rings is 2. The standard InChI is InChI=1S/C42H25NS2/c1-2-8-32-26(7-1)13-14-27-15-16-28-23-29(17-20-33(28)42(27)32)43(30-18-21-36-34-9-3-5-11-38(34)44-40(36)24-30)31-19-22-37-35-10-4-6-12-39(35)45-41(37)25-31/h1-25H. The molecule has 0 N–H and O–H groups in total. The van der Waals surface area contributed by atoms with Crippen molar-refractivity contribution in [2.24, 2.45) is 0 Å². The lowest BCUT2D eigenvalue weighted by molar-refractivity contribution is 1.30. The fourth-order valence-electron chi connectivity index (χ4n) is 7.12. The van der Waals surface area contributed by atoms with Crippen molar-refractivity contribution in [2.45, 2.75) is 0 Å². The van der Waals surface area contributed by atoms with Crippen LogP contribution in [0.4, 0.5) is 17.1 Å². The molecule has 0 fully saturated rings. The van der Waals surface area contributed by atoms with Gasteiger partial charge in [0.15, 0.2) is 0 Å². The van der Waals surface area contributed by atoms with Crippen molar-refractivity contribution in [3.05, 3.63) is 152 Å². The smallest absolute Gasteiger partial charge is 0.0476 e. The molecule has 10 aromatic rings. The first-order chi connectivity index (χ1) is 22.3. The van der Waals surface area contributed by atoms with Crippen LogP contribution in [0.1, 0.15) is 0 Å². The van der Waals surface area contributed by atoms with Crippen LogP contribution in [-0.2, 0) is 0 Å². The number of rotatable bonds is 3. The van der Waals surface area contributed by atoms with Crippen LogP contribution in [0.5, 0.6) is 0 Å². The maximum absolute atomic E-state index is 2.43. The van der Waals surface area contributed by atoms with E-state index in [9.17, 15) is 0 Å². The Bertz CT molecular complexity index is 2670. The van der Waals surface area contributed by atoms with E-state index in [1.54, 1.807) is 0 Å². The van der Waals surface area contributed by atoms with E-state index in [0.29, 0.717) is 0 Å². The van der Waals surface area contributed by atoms with Gasteiger partial charge < -0.3 is 4.90 Å². The Hall–Kier alpha value is -5.22. The minimum Gasteiger partial charge on any atom is -0.310 e. The van der Waals surface area contributed by atoms with Crippen LogP contribution in [0.2, 0.25) is 0 Å². The largest absolute Gasteiger partial charge is 0.310 e. The van der Waals surface area contributed by atoms with Crippen LogP contribution in [0.15, 0.2) is 152 Å². The van der Waals surface area contributed by atoms with Crippen molar-refractivity contribution in [1.29, 1.82) is 0 Å². The van der Waals surface area contributed by atoms with Gasteiger partial charge >= 0.3 is 0 Å². The Labute approximate surface area is 267 Å². The zero-order valence-corrected chi connectivity index (χ0v) is 25.8. The molecule has 10 rings (SSSR count). The molecule has 0 spiro atoms. The lowest BCUT2D eigenvalue weighted by Gasteiger charge is -2.26. The minimum absolute atomic E-state index is 1.16. The highest BCUT2D eigenvalue weighted by Crippen LogP contribution is 2.44. The second-order valence-corrected chi connectivity index (χ2v) is 13.9. The molecule has 0 bridgehead atoms. The van der Waals surface area contributed by atoms with Crippen LogP contribution < -0.4 is 4.90 Å². The number of anilines is 3. The van der Waals surface area contributed by atoms with Gasteiger partial charge in [-0.3, -0.25) is 0 Å². The number of hydrogen-bond acceptors (Lipinski definition) is 3. The first kappa shape index (κ1) is 25.1. The Balaban J connectivity index is 1.22. The van der Waals surface area contributed by atoms with E-state index in [-0.39, 0.29) is 0 Å². The number of fused-ring (bicyclic) bond motifs is 11. The zero-order chi connectivity index (χ0) is 29.5. The topological polar surface area (TPSA) is 3.24 Å². The molecule has 3 heteroatoms. The van der Waals surface area contributed by atoms with E-state index >= 15 is 0 Å². The van der Waals surface area contributed by atoms with Crippen LogP contribution >= 0.6 is 22.7 Å². The van der Waals surface area contributed by atoms with E-state index in [1.165, 1.54) is 84.0 Å². The van der Waals surface area contributed by atoms with Gasteiger partial charge in [-0.1, -0.05) is 103 Å². The van der Waals surface area contributed by atoms with Gasteiger partial charge in [0.25, 0.3) is 0 Å². The van der Waals surface area contributed by atoms with E-state index in [1.807, 2.05) is 22.7 Å². The minimum atomic E-state index is 1.16. The summed E-state index contributed by atoms with van der Waals surface area (Å²) in [6.07, 6.45) is 0. The van der Waals surface area contributed by atoms with Gasteiger partial charge in [0.05, 0.1) is 0 Å². The summed E-state index contributed by atoms with van der Waals surface area (Å²) in [4.78, 5) is 2.43. The van der Waals surface area contributed by atoms with Crippen molar-refractivity contribution in [2.75, 3.05) is 4.90 Å². The van der Waals surface area contributed by atoms with Crippen LogP contribution in [0, 0.1) is 0 Å². The van der Waals surface area contributed by atoms with Gasteiger partial charge in [0, 0.05) is 57.4 Å². The van der Waals surface area contributed by atoms with E-state index in [0.717, 1.165) is 5.69 Å². The third-order valence-electron chi connectivity index (χ3n) is 9.21. The van der Waals surface area contributed by atoms with Gasteiger partial charge in [-0.15, -0.1) is 22.7 Å². The second-order valence-electron chi connectivity index (χ2n) is 11.7. The summed E-state index contributed by atoms with van der Waals surface area (Å²) in [6.45, 7) is 0. The predicted molar refractivity (Wildman–Crippen MR) is 199 cm³/mol. The van der Waals surface area contributed by atoms with Gasteiger partial charge in [-0.2, -0.15) is 0 Å². The molecular formula is C42H25NS2. The molecule has 1 nitrogen and oxygen atoms in total.